The van der Waals surface area contributed by atoms with E-state index in [2.05, 4.69) is 13.0 Å². The van der Waals surface area contributed by atoms with Crippen LogP contribution in [-0.4, -0.2) is 0 Å². The van der Waals surface area contributed by atoms with Gasteiger partial charge in [0.25, 0.3) is 0 Å². The van der Waals surface area contributed by atoms with Crippen LogP contribution in [0, 0.1) is 11.8 Å². The van der Waals surface area contributed by atoms with E-state index in [1.165, 1.54) is 19.3 Å². The summed E-state index contributed by atoms with van der Waals surface area (Å²) in [6, 6.07) is 0. The van der Waals surface area contributed by atoms with E-state index >= 15 is 0 Å². The maximum Gasteiger partial charge on any atom is -0.000271 e. The van der Waals surface area contributed by atoms with Crippen LogP contribution in [0.3, 0.4) is 0 Å². The highest BCUT2D eigenvalue weighted by Gasteiger charge is 2.47. The van der Waals surface area contributed by atoms with Crippen molar-refractivity contribution < 1.29 is 0 Å². The molecule has 0 spiro atoms. The summed E-state index contributed by atoms with van der Waals surface area (Å²) in [7, 11) is 0. The van der Waals surface area contributed by atoms with Gasteiger partial charge in [-0.1, -0.05) is 18.6 Å². The first-order valence-electron chi connectivity index (χ1n) is 4.34. The molecule has 0 heteroatoms. The largest absolute Gasteiger partial charge is 0.0738 e. The fourth-order valence-electron chi connectivity index (χ4n) is 2.75. The second-order valence-electron chi connectivity index (χ2n) is 3.72. The SMILES string of the molecule is CCC1=CC2CC3CC1=C23. The average Bonchev–Trinajstić information content (AvgIpc) is 2.06. The van der Waals surface area contributed by atoms with Crippen molar-refractivity contribution in [3.8, 4) is 0 Å². The Morgan fingerprint density at radius 2 is 2.50 bits per heavy atom. The van der Waals surface area contributed by atoms with E-state index < -0.39 is 0 Å². The third kappa shape index (κ3) is 0.361. The summed E-state index contributed by atoms with van der Waals surface area (Å²) in [6.07, 6.45) is 6.67. The van der Waals surface area contributed by atoms with Crippen LogP contribution >= 0.6 is 0 Å². The summed E-state index contributed by atoms with van der Waals surface area (Å²) in [6.45, 7) is 2.28. The van der Waals surface area contributed by atoms with Crippen molar-refractivity contribution in [2.45, 2.75) is 26.2 Å². The molecule has 3 aliphatic carbocycles. The van der Waals surface area contributed by atoms with Gasteiger partial charge in [-0.2, -0.15) is 0 Å². The summed E-state index contributed by atoms with van der Waals surface area (Å²) in [4.78, 5) is 0. The Morgan fingerprint density at radius 3 is 3.10 bits per heavy atom. The Bertz CT molecular complexity index is 255. The fraction of sp³-hybridized carbons (Fsp3) is 0.600. The van der Waals surface area contributed by atoms with Gasteiger partial charge in [0.2, 0.25) is 0 Å². The van der Waals surface area contributed by atoms with Crippen molar-refractivity contribution in [3.63, 3.8) is 0 Å². The maximum absolute atomic E-state index is 2.51. The van der Waals surface area contributed by atoms with E-state index in [9.17, 15) is 0 Å². The van der Waals surface area contributed by atoms with Gasteiger partial charge in [-0.15, -0.1) is 0 Å². The summed E-state index contributed by atoms with van der Waals surface area (Å²) in [5.41, 5.74) is 5.26. The van der Waals surface area contributed by atoms with E-state index in [0.29, 0.717) is 0 Å². The molecule has 2 atom stereocenters. The van der Waals surface area contributed by atoms with Crippen LogP contribution in [0.5, 0.6) is 0 Å². The van der Waals surface area contributed by atoms with Gasteiger partial charge in [0.15, 0.2) is 0 Å². The molecule has 0 radical (unpaired) electrons. The lowest BCUT2D eigenvalue weighted by Crippen LogP contribution is -2.32. The standard InChI is InChI=1S/C10H12/c1-2-6-3-7-4-8-5-9(6)10(7)8/h3,7-8H,2,4-5H2,1H3. The molecule has 52 valence electrons. The molecule has 3 rings (SSSR count). The molecule has 0 amide bonds. The van der Waals surface area contributed by atoms with Crippen LogP contribution in [-0.2, 0) is 0 Å². The highest BCUT2D eigenvalue weighted by Crippen LogP contribution is 2.60. The normalized spacial score (nSPS) is 40.3. The smallest absolute Gasteiger partial charge is 0.000271 e. The maximum atomic E-state index is 2.51. The van der Waals surface area contributed by atoms with Gasteiger partial charge in [0.05, 0.1) is 0 Å². The average molecular weight is 132 g/mol. The van der Waals surface area contributed by atoms with Crippen molar-refractivity contribution in [1.29, 1.82) is 0 Å². The van der Waals surface area contributed by atoms with E-state index in [1.807, 2.05) is 5.57 Å². The van der Waals surface area contributed by atoms with Crippen LogP contribution in [0.1, 0.15) is 26.2 Å². The molecule has 0 heterocycles. The first-order chi connectivity index (χ1) is 4.90. The zero-order valence-corrected chi connectivity index (χ0v) is 6.35. The van der Waals surface area contributed by atoms with Gasteiger partial charge in [0.1, 0.15) is 0 Å². The molecule has 0 N–H and O–H groups in total. The molecule has 0 nitrogen and oxygen atoms in total. The molecule has 2 unspecified atom stereocenters. The Hall–Kier alpha value is -0.520. The number of rotatable bonds is 1. The van der Waals surface area contributed by atoms with Gasteiger partial charge in [-0.05, 0) is 42.2 Å². The molecule has 0 aromatic heterocycles. The van der Waals surface area contributed by atoms with E-state index in [4.69, 9.17) is 0 Å². The monoisotopic (exact) mass is 132 g/mol. The first-order valence-corrected chi connectivity index (χ1v) is 4.34. The lowest BCUT2D eigenvalue weighted by Gasteiger charge is -2.44. The van der Waals surface area contributed by atoms with Gasteiger partial charge >= 0.3 is 0 Å². The van der Waals surface area contributed by atoms with E-state index in [1.54, 1.807) is 11.1 Å². The quantitative estimate of drug-likeness (QED) is 0.514. The highest BCUT2D eigenvalue weighted by atomic mass is 14.5. The minimum absolute atomic E-state index is 0.920. The molecule has 0 aromatic rings. The number of hydrogen-bond donors (Lipinski definition) is 0. The molecule has 0 bridgehead atoms. The Morgan fingerprint density at radius 1 is 1.60 bits per heavy atom. The molecular formula is C10H12. The van der Waals surface area contributed by atoms with Crippen molar-refractivity contribution in [2.24, 2.45) is 11.8 Å². The third-order valence-corrected chi connectivity index (χ3v) is 3.35. The van der Waals surface area contributed by atoms with Crippen LogP contribution in [0.25, 0.3) is 0 Å². The lowest BCUT2D eigenvalue weighted by atomic mass is 9.60. The summed E-state index contributed by atoms with van der Waals surface area (Å²) < 4.78 is 0. The van der Waals surface area contributed by atoms with Crippen molar-refractivity contribution in [3.05, 3.63) is 22.8 Å². The molecule has 3 aliphatic rings. The summed E-state index contributed by atoms with van der Waals surface area (Å²) in [5, 5.41) is 0. The zero-order chi connectivity index (χ0) is 6.72. The van der Waals surface area contributed by atoms with Crippen LogP contribution in [0.4, 0.5) is 0 Å². The van der Waals surface area contributed by atoms with Gasteiger partial charge in [-0.25, -0.2) is 0 Å². The minimum Gasteiger partial charge on any atom is -0.0738 e. The van der Waals surface area contributed by atoms with Gasteiger partial charge in [-0.3, -0.25) is 0 Å². The Kier molecular flexibility index (Phi) is 0.719. The molecule has 0 aromatic carbocycles. The molecule has 1 fully saturated rings. The van der Waals surface area contributed by atoms with Crippen molar-refractivity contribution in [2.75, 3.05) is 0 Å². The Balaban J connectivity index is 2.08. The second-order valence-corrected chi connectivity index (χ2v) is 3.72. The predicted octanol–water partition coefficient (Wildman–Crippen LogP) is 2.67. The molecule has 1 saturated carbocycles. The second kappa shape index (κ2) is 1.39. The van der Waals surface area contributed by atoms with Crippen molar-refractivity contribution >= 4 is 0 Å². The predicted molar refractivity (Wildman–Crippen MR) is 41.6 cm³/mol. The van der Waals surface area contributed by atoms with Crippen LogP contribution in [0.15, 0.2) is 22.8 Å². The molecule has 0 saturated heterocycles. The van der Waals surface area contributed by atoms with Crippen molar-refractivity contribution in [1.82, 2.24) is 0 Å². The molecule has 0 aliphatic heterocycles. The van der Waals surface area contributed by atoms with Gasteiger partial charge in [0, 0.05) is 0 Å². The van der Waals surface area contributed by atoms with Crippen LogP contribution < -0.4 is 0 Å². The van der Waals surface area contributed by atoms with E-state index in [0.717, 1.165) is 11.8 Å². The summed E-state index contributed by atoms with van der Waals surface area (Å²) >= 11 is 0. The number of hydrogen-bond acceptors (Lipinski definition) is 0. The fourth-order valence-corrected chi connectivity index (χ4v) is 2.75. The lowest BCUT2D eigenvalue weighted by molar-refractivity contribution is 0.325. The molecule has 10 heavy (non-hydrogen) atoms. The van der Waals surface area contributed by atoms with Gasteiger partial charge < -0.3 is 0 Å². The minimum atomic E-state index is 0.920. The van der Waals surface area contributed by atoms with E-state index in [-0.39, 0.29) is 0 Å². The number of allylic oxidation sites excluding steroid dienone is 4. The topological polar surface area (TPSA) is 0 Å². The van der Waals surface area contributed by atoms with Crippen LogP contribution in [0.2, 0.25) is 0 Å². The third-order valence-electron chi connectivity index (χ3n) is 3.35. The first kappa shape index (κ1) is 5.17. The highest BCUT2D eigenvalue weighted by molar-refractivity contribution is 5.56. The summed E-state index contributed by atoms with van der Waals surface area (Å²) in [5.74, 6) is 1.96. The zero-order valence-electron chi connectivity index (χ0n) is 6.35. The Labute approximate surface area is 61.6 Å². The molecular weight excluding hydrogens is 120 g/mol.